The number of nitrogens with zero attached hydrogens (tertiary/aromatic N) is 2. The molecule has 0 radical (unpaired) electrons. The van der Waals surface area contributed by atoms with Crippen LogP contribution in [0.5, 0.6) is 5.88 Å². The molecule has 3 nitrogen and oxygen atoms in total. The van der Waals surface area contributed by atoms with Crippen LogP contribution in [0.1, 0.15) is 32.6 Å². The molecule has 0 amide bonds. The molecule has 2 rings (SSSR count). The van der Waals surface area contributed by atoms with E-state index in [2.05, 4.69) is 31.9 Å². The fraction of sp³-hybridized carbons (Fsp3) is 0.643. The van der Waals surface area contributed by atoms with Crippen molar-refractivity contribution in [2.45, 2.75) is 38.6 Å². The normalized spacial score (nSPS) is 19.9. The first-order chi connectivity index (χ1) is 8.85. The highest BCUT2D eigenvalue weighted by molar-refractivity contribution is 9.09. The monoisotopic (exact) mass is 312 g/mol. The SMILES string of the molecule is CCOc1cccc(N2CCCCC2CCBr)n1. The van der Waals surface area contributed by atoms with Crippen LogP contribution in [0.4, 0.5) is 5.82 Å². The summed E-state index contributed by atoms with van der Waals surface area (Å²) in [6, 6.07) is 6.67. The molecule has 1 atom stereocenters. The highest BCUT2D eigenvalue weighted by Crippen LogP contribution is 2.26. The Morgan fingerprint density at radius 1 is 1.44 bits per heavy atom. The van der Waals surface area contributed by atoms with Crippen molar-refractivity contribution < 1.29 is 4.74 Å². The molecule has 1 aliphatic rings. The quantitative estimate of drug-likeness (QED) is 0.776. The third-order valence-electron chi connectivity index (χ3n) is 3.36. The number of rotatable bonds is 5. The van der Waals surface area contributed by atoms with Gasteiger partial charge in [-0.1, -0.05) is 22.0 Å². The van der Waals surface area contributed by atoms with Crippen molar-refractivity contribution >= 4 is 21.7 Å². The minimum atomic E-state index is 0.613. The number of hydrogen-bond acceptors (Lipinski definition) is 3. The molecule has 0 aromatic carbocycles. The third kappa shape index (κ3) is 3.37. The van der Waals surface area contributed by atoms with Crippen molar-refractivity contribution in [1.29, 1.82) is 0 Å². The Balaban J connectivity index is 2.14. The minimum Gasteiger partial charge on any atom is -0.478 e. The van der Waals surface area contributed by atoms with Crippen LogP contribution in [0.15, 0.2) is 18.2 Å². The summed E-state index contributed by atoms with van der Waals surface area (Å²) >= 11 is 3.55. The Kier molecular flexibility index (Phi) is 5.29. The first-order valence-corrected chi connectivity index (χ1v) is 7.89. The minimum absolute atomic E-state index is 0.613. The fourth-order valence-electron chi connectivity index (χ4n) is 2.52. The molecule has 2 heterocycles. The molecule has 0 bridgehead atoms. The van der Waals surface area contributed by atoms with E-state index in [0.29, 0.717) is 12.6 Å². The topological polar surface area (TPSA) is 25.4 Å². The number of pyridine rings is 1. The first kappa shape index (κ1) is 13.7. The van der Waals surface area contributed by atoms with Crippen LogP contribution in [-0.2, 0) is 0 Å². The van der Waals surface area contributed by atoms with Gasteiger partial charge in [-0.15, -0.1) is 0 Å². The fourth-order valence-corrected chi connectivity index (χ4v) is 3.05. The average molecular weight is 313 g/mol. The number of anilines is 1. The van der Waals surface area contributed by atoms with Gasteiger partial charge in [0.15, 0.2) is 0 Å². The van der Waals surface area contributed by atoms with E-state index < -0.39 is 0 Å². The molecule has 0 spiro atoms. The lowest BCUT2D eigenvalue weighted by Gasteiger charge is -2.36. The Hall–Kier alpha value is -0.770. The second-order valence-corrected chi connectivity index (χ2v) is 5.38. The second-order valence-electron chi connectivity index (χ2n) is 4.59. The predicted molar refractivity (Wildman–Crippen MR) is 78.8 cm³/mol. The zero-order chi connectivity index (χ0) is 12.8. The Labute approximate surface area is 118 Å². The number of piperidine rings is 1. The maximum atomic E-state index is 5.49. The predicted octanol–water partition coefficient (Wildman–Crippen LogP) is 3.62. The zero-order valence-electron chi connectivity index (χ0n) is 10.9. The highest BCUT2D eigenvalue weighted by atomic mass is 79.9. The molecule has 1 aliphatic heterocycles. The van der Waals surface area contributed by atoms with Gasteiger partial charge in [0, 0.05) is 24.0 Å². The van der Waals surface area contributed by atoms with E-state index in [4.69, 9.17) is 4.74 Å². The van der Waals surface area contributed by atoms with Gasteiger partial charge in [-0.2, -0.15) is 4.98 Å². The van der Waals surface area contributed by atoms with E-state index in [1.165, 1.54) is 25.7 Å². The lowest BCUT2D eigenvalue weighted by molar-refractivity contribution is 0.326. The van der Waals surface area contributed by atoms with E-state index in [-0.39, 0.29) is 0 Å². The van der Waals surface area contributed by atoms with E-state index in [0.717, 1.165) is 23.6 Å². The molecule has 1 saturated heterocycles. The summed E-state index contributed by atoms with van der Waals surface area (Å²) in [5.74, 6) is 1.80. The van der Waals surface area contributed by atoms with E-state index in [9.17, 15) is 0 Å². The van der Waals surface area contributed by atoms with Crippen LogP contribution < -0.4 is 9.64 Å². The summed E-state index contributed by atoms with van der Waals surface area (Å²) < 4.78 is 5.49. The van der Waals surface area contributed by atoms with E-state index in [1.807, 2.05) is 19.1 Å². The Morgan fingerprint density at radius 3 is 3.11 bits per heavy atom. The number of hydrogen-bond donors (Lipinski definition) is 0. The lowest BCUT2D eigenvalue weighted by Crippen LogP contribution is -2.40. The molecule has 100 valence electrons. The van der Waals surface area contributed by atoms with Crippen molar-refractivity contribution in [3.63, 3.8) is 0 Å². The van der Waals surface area contributed by atoms with Gasteiger partial charge in [-0.3, -0.25) is 0 Å². The molecule has 1 fully saturated rings. The molecule has 1 aromatic heterocycles. The summed E-state index contributed by atoms with van der Waals surface area (Å²) in [4.78, 5) is 7.04. The lowest BCUT2D eigenvalue weighted by atomic mass is 10.00. The van der Waals surface area contributed by atoms with Crippen molar-refractivity contribution in [1.82, 2.24) is 4.98 Å². The van der Waals surface area contributed by atoms with Gasteiger partial charge in [0.25, 0.3) is 0 Å². The first-order valence-electron chi connectivity index (χ1n) is 6.77. The third-order valence-corrected chi connectivity index (χ3v) is 3.82. The molecular formula is C14H21BrN2O. The Bertz CT molecular complexity index is 371. The van der Waals surface area contributed by atoms with Gasteiger partial charge in [0.2, 0.25) is 5.88 Å². The maximum Gasteiger partial charge on any atom is 0.215 e. The molecule has 0 aliphatic carbocycles. The summed E-state index contributed by atoms with van der Waals surface area (Å²) in [5, 5.41) is 1.05. The van der Waals surface area contributed by atoms with Gasteiger partial charge in [0.1, 0.15) is 5.82 Å². The van der Waals surface area contributed by atoms with Crippen LogP contribution in [-0.4, -0.2) is 29.5 Å². The molecule has 4 heteroatoms. The van der Waals surface area contributed by atoms with Crippen LogP contribution in [0.25, 0.3) is 0 Å². The summed E-state index contributed by atoms with van der Waals surface area (Å²) in [6.45, 7) is 3.77. The number of halogens is 1. The molecule has 0 N–H and O–H groups in total. The molecule has 1 aromatic rings. The molecular weight excluding hydrogens is 292 g/mol. The molecule has 1 unspecified atom stereocenters. The van der Waals surface area contributed by atoms with Crippen LogP contribution >= 0.6 is 15.9 Å². The molecule has 18 heavy (non-hydrogen) atoms. The number of alkyl halides is 1. The van der Waals surface area contributed by atoms with E-state index >= 15 is 0 Å². The average Bonchev–Trinajstić information content (AvgIpc) is 2.40. The maximum absolute atomic E-state index is 5.49. The van der Waals surface area contributed by atoms with Crippen LogP contribution in [0.3, 0.4) is 0 Å². The van der Waals surface area contributed by atoms with E-state index in [1.54, 1.807) is 0 Å². The van der Waals surface area contributed by atoms with Gasteiger partial charge < -0.3 is 9.64 Å². The van der Waals surface area contributed by atoms with Gasteiger partial charge in [-0.05, 0) is 38.7 Å². The van der Waals surface area contributed by atoms with Gasteiger partial charge in [0.05, 0.1) is 6.61 Å². The second kappa shape index (κ2) is 6.98. The van der Waals surface area contributed by atoms with Gasteiger partial charge in [-0.25, -0.2) is 0 Å². The standard InChI is InChI=1S/C14H21BrN2O/c1-2-18-14-8-5-7-13(16-14)17-11-4-3-6-12(17)9-10-15/h5,7-8,12H,2-4,6,9-11H2,1H3. The smallest absolute Gasteiger partial charge is 0.215 e. The Morgan fingerprint density at radius 2 is 2.33 bits per heavy atom. The number of ether oxygens (including phenoxy) is 1. The van der Waals surface area contributed by atoms with Crippen LogP contribution in [0, 0.1) is 0 Å². The number of aromatic nitrogens is 1. The van der Waals surface area contributed by atoms with Crippen molar-refractivity contribution in [2.24, 2.45) is 0 Å². The largest absolute Gasteiger partial charge is 0.478 e. The summed E-state index contributed by atoms with van der Waals surface area (Å²) in [5.41, 5.74) is 0. The van der Waals surface area contributed by atoms with Gasteiger partial charge >= 0.3 is 0 Å². The van der Waals surface area contributed by atoms with Crippen LogP contribution in [0.2, 0.25) is 0 Å². The zero-order valence-corrected chi connectivity index (χ0v) is 12.5. The van der Waals surface area contributed by atoms with Crippen molar-refractivity contribution in [3.8, 4) is 5.88 Å². The summed E-state index contributed by atoms with van der Waals surface area (Å²) in [6.07, 6.45) is 5.05. The molecule has 0 saturated carbocycles. The summed E-state index contributed by atoms with van der Waals surface area (Å²) in [7, 11) is 0. The van der Waals surface area contributed by atoms with Crippen molar-refractivity contribution in [2.75, 3.05) is 23.4 Å². The van der Waals surface area contributed by atoms with Crippen molar-refractivity contribution in [3.05, 3.63) is 18.2 Å². The highest BCUT2D eigenvalue weighted by Gasteiger charge is 2.23.